The van der Waals surface area contributed by atoms with E-state index in [0.29, 0.717) is 17.9 Å². The van der Waals surface area contributed by atoms with E-state index in [4.69, 9.17) is 4.74 Å². The Bertz CT molecular complexity index is 392. The number of nitrogens with one attached hydrogen (secondary N) is 1. The molecule has 0 bridgehead atoms. The third kappa shape index (κ3) is 5.17. The number of benzene rings is 1. The van der Waals surface area contributed by atoms with Crippen LogP contribution >= 0.6 is 0 Å². The van der Waals surface area contributed by atoms with E-state index in [0.717, 1.165) is 19.3 Å². The molecule has 1 aromatic rings. The number of likely N-dealkylation sites (N-methyl/N-ethyl adjacent to an activating group) is 1. The highest BCUT2D eigenvalue weighted by molar-refractivity contribution is 5.28. The Labute approximate surface area is 114 Å². The van der Waals surface area contributed by atoms with E-state index in [2.05, 4.69) is 5.32 Å². The summed E-state index contributed by atoms with van der Waals surface area (Å²) in [4.78, 5) is 0. The highest BCUT2D eigenvalue weighted by atomic mass is 19.1. The maximum Gasteiger partial charge on any atom is 0.126 e. The van der Waals surface area contributed by atoms with E-state index in [9.17, 15) is 9.50 Å². The van der Waals surface area contributed by atoms with Crippen LogP contribution in [0.3, 0.4) is 0 Å². The van der Waals surface area contributed by atoms with Crippen LogP contribution in [0.5, 0.6) is 5.75 Å². The van der Waals surface area contributed by atoms with Crippen molar-refractivity contribution >= 4 is 0 Å². The first-order valence-electron chi connectivity index (χ1n) is 6.69. The van der Waals surface area contributed by atoms with Gasteiger partial charge in [-0.05, 0) is 63.9 Å². The molecule has 0 aliphatic heterocycles. The molecule has 0 spiro atoms. The van der Waals surface area contributed by atoms with Crippen LogP contribution < -0.4 is 10.1 Å². The smallest absolute Gasteiger partial charge is 0.126 e. The second-order valence-corrected chi connectivity index (χ2v) is 5.19. The van der Waals surface area contributed by atoms with Gasteiger partial charge in [-0.2, -0.15) is 0 Å². The number of aryl methyl sites for hydroxylation is 1. The Morgan fingerprint density at radius 1 is 1.37 bits per heavy atom. The van der Waals surface area contributed by atoms with E-state index in [1.807, 2.05) is 14.0 Å². The fourth-order valence-electron chi connectivity index (χ4n) is 1.80. The average Bonchev–Trinajstić information content (AvgIpc) is 2.42. The van der Waals surface area contributed by atoms with Crippen LogP contribution in [0.2, 0.25) is 0 Å². The predicted molar refractivity (Wildman–Crippen MR) is 75.0 cm³/mol. The van der Waals surface area contributed by atoms with Crippen LogP contribution in [0.1, 0.15) is 31.7 Å². The van der Waals surface area contributed by atoms with Crippen LogP contribution in [0.25, 0.3) is 0 Å². The van der Waals surface area contributed by atoms with E-state index in [1.165, 1.54) is 6.07 Å². The van der Waals surface area contributed by atoms with Crippen molar-refractivity contribution < 1.29 is 14.2 Å². The summed E-state index contributed by atoms with van der Waals surface area (Å²) in [6.07, 6.45) is 2.78. The summed E-state index contributed by atoms with van der Waals surface area (Å²) < 4.78 is 18.6. The van der Waals surface area contributed by atoms with E-state index >= 15 is 0 Å². The number of aliphatic hydroxyl groups excluding tert-OH is 1. The van der Waals surface area contributed by atoms with E-state index in [-0.39, 0.29) is 18.0 Å². The van der Waals surface area contributed by atoms with Crippen molar-refractivity contribution in [1.29, 1.82) is 0 Å². The molecule has 0 radical (unpaired) electrons. The molecule has 1 aromatic carbocycles. The molecule has 3 nitrogen and oxygen atoms in total. The fourth-order valence-corrected chi connectivity index (χ4v) is 1.80. The molecule has 0 aliphatic rings. The molecule has 1 rings (SSSR count). The first kappa shape index (κ1) is 15.9. The highest BCUT2D eigenvalue weighted by Gasteiger charge is 2.19. The fraction of sp³-hybridized carbons (Fsp3) is 0.600. The lowest BCUT2D eigenvalue weighted by Gasteiger charge is -2.26. The van der Waals surface area contributed by atoms with Gasteiger partial charge in [-0.1, -0.05) is 0 Å². The molecular weight excluding hydrogens is 245 g/mol. The number of hydrogen-bond donors (Lipinski definition) is 2. The molecule has 0 aromatic heterocycles. The van der Waals surface area contributed by atoms with Crippen molar-refractivity contribution in [3.8, 4) is 5.75 Å². The Hall–Kier alpha value is -1.13. The molecule has 2 N–H and O–H groups in total. The minimum absolute atomic E-state index is 0.127. The van der Waals surface area contributed by atoms with Crippen molar-refractivity contribution in [2.24, 2.45) is 0 Å². The van der Waals surface area contributed by atoms with Gasteiger partial charge in [0.05, 0.1) is 13.2 Å². The van der Waals surface area contributed by atoms with Gasteiger partial charge in [0.25, 0.3) is 0 Å². The lowest BCUT2D eigenvalue weighted by atomic mass is 9.96. The van der Waals surface area contributed by atoms with Crippen LogP contribution in [0, 0.1) is 12.7 Å². The monoisotopic (exact) mass is 269 g/mol. The minimum Gasteiger partial charge on any atom is -0.494 e. The van der Waals surface area contributed by atoms with Gasteiger partial charge in [0.1, 0.15) is 11.6 Å². The summed E-state index contributed by atoms with van der Waals surface area (Å²) in [5.74, 6) is 0.498. The highest BCUT2D eigenvalue weighted by Crippen LogP contribution is 2.17. The summed E-state index contributed by atoms with van der Waals surface area (Å²) in [6, 6.07) is 4.78. The molecule has 1 unspecified atom stereocenters. The maximum atomic E-state index is 13.1. The summed E-state index contributed by atoms with van der Waals surface area (Å²) in [5, 5.41) is 12.4. The van der Waals surface area contributed by atoms with Crippen molar-refractivity contribution in [3.63, 3.8) is 0 Å². The number of ether oxygens (including phenoxy) is 1. The van der Waals surface area contributed by atoms with Gasteiger partial charge in [0.15, 0.2) is 0 Å². The normalized spacial score (nSPS) is 14.2. The number of unbranched alkanes of at least 4 members (excludes halogenated alkanes) is 1. The lowest BCUT2D eigenvalue weighted by Crippen LogP contribution is -2.43. The molecule has 4 heteroatoms. The Balaban J connectivity index is 2.26. The second kappa shape index (κ2) is 7.46. The summed E-state index contributed by atoms with van der Waals surface area (Å²) in [5.41, 5.74) is 0.382. The SMILES string of the molecule is CNC(C)(CO)CCCCOc1ccc(F)c(C)c1. The number of aliphatic hydroxyl groups is 1. The molecular formula is C15H24FNO2. The van der Waals surface area contributed by atoms with Gasteiger partial charge in [0.2, 0.25) is 0 Å². The first-order chi connectivity index (χ1) is 9.00. The zero-order chi connectivity index (χ0) is 14.3. The maximum absolute atomic E-state index is 13.1. The number of rotatable bonds is 8. The van der Waals surface area contributed by atoms with Crippen LogP contribution in [0.4, 0.5) is 4.39 Å². The summed E-state index contributed by atoms with van der Waals surface area (Å²) in [7, 11) is 1.86. The molecule has 0 fully saturated rings. The van der Waals surface area contributed by atoms with Gasteiger partial charge in [-0.25, -0.2) is 4.39 Å². The standard InChI is InChI=1S/C15H24FNO2/c1-12-10-13(6-7-14(12)16)19-9-5-4-8-15(2,11-18)17-3/h6-7,10,17-18H,4-5,8-9,11H2,1-3H3. The van der Waals surface area contributed by atoms with Crippen molar-refractivity contribution in [2.75, 3.05) is 20.3 Å². The van der Waals surface area contributed by atoms with Crippen LogP contribution in [0.15, 0.2) is 18.2 Å². The van der Waals surface area contributed by atoms with Crippen molar-refractivity contribution in [3.05, 3.63) is 29.6 Å². The Kier molecular flexibility index (Phi) is 6.25. The third-order valence-electron chi connectivity index (χ3n) is 3.47. The molecule has 0 amide bonds. The van der Waals surface area contributed by atoms with Gasteiger partial charge >= 0.3 is 0 Å². The molecule has 19 heavy (non-hydrogen) atoms. The lowest BCUT2D eigenvalue weighted by molar-refractivity contribution is 0.168. The zero-order valence-corrected chi connectivity index (χ0v) is 12.0. The summed E-state index contributed by atoms with van der Waals surface area (Å²) in [6.45, 7) is 4.46. The Morgan fingerprint density at radius 2 is 2.11 bits per heavy atom. The molecule has 108 valence electrons. The molecule has 0 saturated heterocycles. The van der Waals surface area contributed by atoms with Gasteiger partial charge in [-0.3, -0.25) is 0 Å². The predicted octanol–water partition coefficient (Wildman–Crippen LogP) is 2.65. The molecule has 0 heterocycles. The van der Waals surface area contributed by atoms with Crippen molar-refractivity contribution in [2.45, 2.75) is 38.6 Å². The van der Waals surface area contributed by atoms with Crippen LogP contribution in [-0.2, 0) is 0 Å². The first-order valence-corrected chi connectivity index (χ1v) is 6.69. The molecule has 1 atom stereocenters. The largest absolute Gasteiger partial charge is 0.494 e. The molecule has 0 aliphatic carbocycles. The average molecular weight is 269 g/mol. The third-order valence-corrected chi connectivity index (χ3v) is 3.47. The van der Waals surface area contributed by atoms with E-state index in [1.54, 1.807) is 19.1 Å². The van der Waals surface area contributed by atoms with Crippen molar-refractivity contribution in [1.82, 2.24) is 5.32 Å². The van der Waals surface area contributed by atoms with Gasteiger partial charge in [-0.15, -0.1) is 0 Å². The number of hydrogen-bond acceptors (Lipinski definition) is 3. The van der Waals surface area contributed by atoms with E-state index < -0.39 is 0 Å². The Morgan fingerprint density at radius 3 is 2.68 bits per heavy atom. The summed E-state index contributed by atoms with van der Waals surface area (Å²) >= 11 is 0. The zero-order valence-electron chi connectivity index (χ0n) is 12.0. The van der Waals surface area contributed by atoms with Crippen LogP contribution in [-0.4, -0.2) is 30.9 Å². The minimum atomic E-state index is -0.216. The van der Waals surface area contributed by atoms with Gasteiger partial charge in [0, 0.05) is 5.54 Å². The second-order valence-electron chi connectivity index (χ2n) is 5.19. The van der Waals surface area contributed by atoms with Gasteiger partial charge < -0.3 is 15.2 Å². The number of halogens is 1. The topological polar surface area (TPSA) is 41.5 Å². The quantitative estimate of drug-likeness (QED) is 0.713. The molecule has 0 saturated carbocycles.